The fraction of sp³-hybridized carbons (Fsp3) is 0.231. The molecule has 0 atom stereocenters. The van der Waals surface area contributed by atoms with Crippen molar-refractivity contribution >= 4 is 17.3 Å². The largest absolute Gasteiger partial charge is 0.383 e. The average Bonchev–Trinajstić information content (AvgIpc) is 2.28. The first-order valence-corrected chi connectivity index (χ1v) is 5.49. The van der Waals surface area contributed by atoms with Gasteiger partial charge in [0.05, 0.1) is 0 Å². The molecular formula is C13H16N4. The van der Waals surface area contributed by atoms with E-state index >= 15 is 0 Å². The fourth-order valence-electron chi connectivity index (χ4n) is 1.67. The molecule has 4 heteroatoms. The minimum absolute atomic E-state index is 0.507. The summed E-state index contributed by atoms with van der Waals surface area (Å²) in [4.78, 5) is 8.14. The Labute approximate surface area is 101 Å². The van der Waals surface area contributed by atoms with Gasteiger partial charge in [-0.15, -0.1) is 0 Å². The number of nitrogens with one attached hydrogen (secondary N) is 1. The first-order chi connectivity index (χ1) is 8.08. The number of hydrogen-bond acceptors (Lipinski definition) is 4. The van der Waals surface area contributed by atoms with E-state index in [1.54, 1.807) is 0 Å². The van der Waals surface area contributed by atoms with Crippen LogP contribution in [-0.2, 0) is 0 Å². The second-order valence-electron chi connectivity index (χ2n) is 4.18. The molecule has 0 bridgehead atoms. The van der Waals surface area contributed by atoms with Crippen molar-refractivity contribution < 1.29 is 0 Å². The molecule has 0 aliphatic rings. The van der Waals surface area contributed by atoms with Crippen LogP contribution in [0.3, 0.4) is 0 Å². The van der Waals surface area contributed by atoms with Crippen molar-refractivity contribution in [1.29, 1.82) is 0 Å². The molecule has 0 aliphatic carbocycles. The quantitative estimate of drug-likeness (QED) is 0.829. The predicted octanol–water partition coefficient (Wildman–Crippen LogP) is 2.73. The molecule has 0 amide bonds. The Kier molecular flexibility index (Phi) is 2.95. The number of nitrogen functional groups attached to an aromatic ring is 1. The molecule has 4 nitrogen and oxygen atoms in total. The molecule has 0 spiro atoms. The molecule has 0 fully saturated rings. The van der Waals surface area contributed by atoms with Crippen molar-refractivity contribution in [1.82, 2.24) is 9.97 Å². The minimum atomic E-state index is 0.507. The Bertz CT molecular complexity index is 549. The third-order valence-corrected chi connectivity index (χ3v) is 2.76. The fourth-order valence-corrected chi connectivity index (χ4v) is 1.67. The van der Waals surface area contributed by atoms with Crippen molar-refractivity contribution in [2.45, 2.75) is 20.8 Å². The molecule has 1 aromatic heterocycles. The average molecular weight is 228 g/mol. The Morgan fingerprint density at radius 2 is 1.88 bits per heavy atom. The molecule has 3 N–H and O–H groups in total. The lowest BCUT2D eigenvalue weighted by molar-refractivity contribution is 1.14. The molecule has 0 saturated heterocycles. The second-order valence-corrected chi connectivity index (χ2v) is 4.18. The molecule has 1 aromatic carbocycles. The maximum Gasteiger partial charge on any atom is 0.138 e. The van der Waals surface area contributed by atoms with Crippen LogP contribution < -0.4 is 11.1 Å². The molecule has 17 heavy (non-hydrogen) atoms. The van der Waals surface area contributed by atoms with Crippen molar-refractivity contribution in [2.24, 2.45) is 0 Å². The van der Waals surface area contributed by atoms with E-state index in [1.165, 1.54) is 17.5 Å². The van der Waals surface area contributed by atoms with Gasteiger partial charge in [-0.3, -0.25) is 0 Å². The molecule has 0 aliphatic heterocycles. The van der Waals surface area contributed by atoms with Crippen LogP contribution in [0.2, 0.25) is 0 Å². The van der Waals surface area contributed by atoms with Gasteiger partial charge < -0.3 is 11.1 Å². The van der Waals surface area contributed by atoms with Gasteiger partial charge in [0.1, 0.15) is 18.0 Å². The van der Waals surface area contributed by atoms with E-state index in [9.17, 15) is 0 Å². The normalized spacial score (nSPS) is 10.3. The van der Waals surface area contributed by atoms with E-state index in [0.717, 1.165) is 17.1 Å². The van der Waals surface area contributed by atoms with E-state index in [0.29, 0.717) is 5.82 Å². The summed E-state index contributed by atoms with van der Waals surface area (Å²) in [6.45, 7) is 6.04. The van der Waals surface area contributed by atoms with Crippen molar-refractivity contribution in [3.05, 3.63) is 41.2 Å². The lowest BCUT2D eigenvalue weighted by Crippen LogP contribution is -2.02. The number of aromatic nitrogens is 2. The summed E-state index contributed by atoms with van der Waals surface area (Å²) in [6.07, 6.45) is 1.47. The summed E-state index contributed by atoms with van der Waals surface area (Å²) in [5.41, 5.74) is 10.1. The van der Waals surface area contributed by atoms with Crippen LogP contribution in [0.5, 0.6) is 0 Å². The highest BCUT2D eigenvalue weighted by Crippen LogP contribution is 2.23. The Morgan fingerprint density at radius 1 is 1.12 bits per heavy atom. The molecule has 88 valence electrons. The van der Waals surface area contributed by atoms with Crippen LogP contribution in [-0.4, -0.2) is 9.97 Å². The van der Waals surface area contributed by atoms with Crippen LogP contribution in [0.15, 0.2) is 24.5 Å². The Balaban J connectivity index is 2.35. The summed E-state index contributed by atoms with van der Waals surface area (Å²) < 4.78 is 0. The predicted molar refractivity (Wildman–Crippen MR) is 70.4 cm³/mol. The van der Waals surface area contributed by atoms with Gasteiger partial charge in [0, 0.05) is 11.3 Å². The van der Waals surface area contributed by atoms with E-state index < -0.39 is 0 Å². The summed E-state index contributed by atoms with van der Waals surface area (Å²) in [7, 11) is 0. The third-order valence-electron chi connectivity index (χ3n) is 2.76. The highest BCUT2D eigenvalue weighted by molar-refractivity contribution is 5.65. The number of nitrogens with zero attached hydrogens (tertiary/aromatic N) is 2. The van der Waals surface area contributed by atoms with Crippen LogP contribution in [0.4, 0.5) is 17.3 Å². The van der Waals surface area contributed by atoms with Gasteiger partial charge in [-0.05, 0) is 32.4 Å². The molecule has 0 saturated carbocycles. The lowest BCUT2D eigenvalue weighted by atomic mass is 10.1. The monoisotopic (exact) mass is 228 g/mol. The first-order valence-electron chi connectivity index (χ1n) is 5.49. The number of benzene rings is 1. The number of aryl methyl sites for hydroxylation is 2. The van der Waals surface area contributed by atoms with Crippen LogP contribution in [0, 0.1) is 20.8 Å². The number of nitrogens with two attached hydrogens (primary N) is 1. The highest BCUT2D eigenvalue weighted by Gasteiger charge is 2.05. The highest BCUT2D eigenvalue weighted by atomic mass is 15.0. The van der Waals surface area contributed by atoms with Crippen LogP contribution >= 0.6 is 0 Å². The summed E-state index contributed by atoms with van der Waals surface area (Å²) in [6, 6.07) is 6.24. The van der Waals surface area contributed by atoms with Crippen LogP contribution in [0.25, 0.3) is 0 Å². The van der Waals surface area contributed by atoms with E-state index in [-0.39, 0.29) is 0 Å². The number of rotatable bonds is 2. The molecule has 2 aromatic rings. The second kappa shape index (κ2) is 4.41. The summed E-state index contributed by atoms with van der Waals surface area (Å²) in [5.74, 6) is 1.26. The van der Waals surface area contributed by atoms with Gasteiger partial charge in [-0.25, -0.2) is 9.97 Å². The van der Waals surface area contributed by atoms with Gasteiger partial charge in [0.15, 0.2) is 0 Å². The van der Waals surface area contributed by atoms with E-state index in [4.69, 9.17) is 5.73 Å². The number of anilines is 3. The zero-order valence-corrected chi connectivity index (χ0v) is 10.3. The Morgan fingerprint density at radius 3 is 2.59 bits per heavy atom. The molecule has 0 unspecified atom stereocenters. The van der Waals surface area contributed by atoms with Crippen molar-refractivity contribution in [3.63, 3.8) is 0 Å². The van der Waals surface area contributed by atoms with Crippen molar-refractivity contribution in [2.75, 3.05) is 11.1 Å². The maximum atomic E-state index is 5.75. The SMILES string of the molecule is Cc1ccc(Nc2ncnc(N)c2C)c(C)c1. The number of hydrogen-bond donors (Lipinski definition) is 2. The van der Waals surface area contributed by atoms with E-state index in [1.807, 2.05) is 13.0 Å². The Hall–Kier alpha value is -2.10. The zero-order chi connectivity index (χ0) is 12.4. The van der Waals surface area contributed by atoms with Gasteiger partial charge in [0.2, 0.25) is 0 Å². The first kappa shape index (κ1) is 11.4. The maximum absolute atomic E-state index is 5.75. The zero-order valence-electron chi connectivity index (χ0n) is 10.3. The minimum Gasteiger partial charge on any atom is -0.383 e. The van der Waals surface area contributed by atoms with Gasteiger partial charge in [-0.1, -0.05) is 17.7 Å². The van der Waals surface area contributed by atoms with E-state index in [2.05, 4.69) is 41.3 Å². The topological polar surface area (TPSA) is 63.8 Å². The lowest BCUT2D eigenvalue weighted by Gasteiger charge is -2.12. The molecule has 0 radical (unpaired) electrons. The van der Waals surface area contributed by atoms with Gasteiger partial charge in [-0.2, -0.15) is 0 Å². The molecule has 2 rings (SSSR count). The van der Waals surface area contributed by atoms with Gasteiger partial charge >= 0.3 is 0 Å². The summed E-state index contributed by atoms with van der Waals surface area (Å²) >= 11 is 0. The van der Waals surface area contributed by atoms with Crippen molar-refractivity contribution in [3.8, 4) is 0 Å². The molecule has 1 heterocycles. The smallest absolute Gasteiger partial charge is 0.138 e. The molecular weight excluding hydrogens is 212 g/mol. The van der Waals surface area contributed by atoms with Crippen LogP contribution in [0.1, 0.15) is 16.7 Å². The summed E-state index contributed by atoms with van der Waals surface area (Å²) in [5, 5.41) is 3.28. The standard InChI is InChI=1S/C13H16N4/c1-8-4-5-11(9(2)6-8)17-13-10(3)12(14)15-7-16-13/h4-7H,1-3H3,(H3,14,15,16,17). The van der Waals surface area contributed by atoms with Gasteiger partial charge in [0.25, 0.3) is 0 Å². The third kappa shape index (κ3) is 2.36.